The van der Waals surface area contributed by atoms with Crippen LogP contribution in [0.25, 0.3) is 0 Å². The van der Waals surface area contributed by atoms with Gasteiger partial charge in [0, 0.05) is 43.4 Å². The lowest BCUT2D eigenvalue weighted by Gasteiger charge is -2.18. The Morgan fingerprint density at radius 1 is 0.929 bits per heavy atom. The molecule has 28 heavy (non-hydrogen) atoms. The molecule has 0 radical (unpaired) electrons. The number of unbranched alkanes of at least 4 members (excludes halogenated alkanes) is 2. The van der Waals surface area contributed by atoms with Gasteiger partial charge in [0.2, 0.25) is 0 Å². The van der Waals surface area contributed by atoms with Gasteiger partial charge in [-0.25, -0.2) is 0 Å². The summed E-state index contributed by atoms with van der Waals surface area (Å²) >= 11 is 0. The molecule has 4 nitrogen and oxygen atoms in total. The molecule has 0 aromatic heterocycles. The third-order valence-electron chi connectivity index (χ3n) is 5.07. The fraction of sp³-hybridized carbons (Fsp3) is 0.417. The van der Waals surface area contributed by atoms with Crippen LogP contribution >= 0.6 is 0 Å². The van der Waals surface area contributed by atoms with E-state index < -0.39 is 0 Å². The van der Waals surface area contributed by atoms with Crippen LogP contribution in [0.2, 0.25) is 0 Å². The third kappa shape index (κ3) is 6.22. The van der Waals surface area contributed by atoms with Gasteiger partial charge in [0.05, 0.1) is 0 Å². The lowest BCUT2D eigenvalue weighted by atomic mass is 10.1. The topological polar surface area (TPSA) is 49.4 Å². The molecule has 0 fully saturated rings. The van der Waals surface area contributed by atoms with Gasteiger partial charge in [-0.05, 0) is 62.1 Å². The summed E-state index contributed by atoms with van der Waals surface area (Å²) in [6.07, 6.45) is 4.08. The first-order valence-electron chi connectivity index (χ1n) is 10.1. The van der Waals surface area contributed by atoms with Crippen LogP contribution < -0.4 is 5.32 Å². The smallest absolute Gasteiger partial charge is 0.253 e. The van der Waals surface area contributed by atoms with E-state index in [-0.39, 0.29) is 5.91 Å². The van der Waals surface area contributed by atoms with Gasteiger partial charge in [-0.15, -0.1) is 0 Å². The number of para-hydroxylation sites is 1. The van der Waals surface area contributed by atoms with Crippen molar-refractivity contribution in [3.8, 4) is 0 Å². The highest BCUT2D eigenvalue weighted by molar-refractivity contribution is 5.94. The van der Waals surface area contributed by atoms with E-state index in [1.54, 1.807) is 4.90 Å². The van der Waals surface area contributed by atoms with E-state index in [0.717, 1.165) is 30.6 Å². The van der Waals surface area contributed by atoms with E-state index in [1.807, 2.05) is 38.2 Å². The normalized spacial score (nSPS) is 10.6. The number of nitrogens with one attached hydrogen (secondary N) is 1. The molecule has 0 aliphatic carbocycles. The lowest BCUT2D eigenvalue weighted by molar-refractivity contribution is -0.118. The molecular weight excluding hydrogens is 348 g/mol. The van der Waals surface area contributed by atoms with E-state index in [0.29, 0.717) is 30.7 Å². The Morgan fingerprint density at radius 2 is 1.57 bits per heavy atom. The molecule has 2 aromatic carbocycles. The second kappa shape index (κ2) is 10.6. The number of aryl methyl sites for hydroxylation is 2. The van der Waals surface area contributed by atoms with Gasteiger partial charge in [0.25, 0.3) is 5.91 Å². The van der Waals surface area contributed by atoms with Crippen molar-refractivity contribution in [2.75, 3.05) is 18.9 Å². The Bertz CT molecular complexity index is 777. The first kappa shape index (κ1) is 21.7. The number of rotatable bonds is 10. The van der Waals surface area contributed by atoms with Gasteiger partial charge >= 0.3 is 0 Å². The number of carbonyl (C=O) groups excluding carboxylic acids is 2. The summed E-state index contributed by atoms with van der Waals surface area (Å²) in [4.78, 5) is 25.7. The molecule has 0 heterocycles. The predicted octanol–water partition coefficient (Wildman–Crippen LogP) is 5.66. The van der Waals surface area contributed by atoms with Crippen molar-refractivity contribution < 1.29 is 9.59 Å². The minimum absolute atomic E-state index is 0.0308. The molecule has 2 rings (SSSR count). The first-order valence-corrected chi connectivity index (χ1v) is 10.1. The molecule has 4 heteroatoms. The van der Waals surface area contributed by atoms with Gasteiger partial charge in [-0.2, -0.15) is 0 Å². The van der Waals surface area contributed by atoms with Crippen LogP contribution in [0.15, 0.2) is 42.5 Å². The quantitative estimate of drug-likeness (QED) is 0.541. The molecule has 150 valence electrons. The average Bonchev–Trinajstić information content (AvgIpc) is 2.70. The molecule has 0 bridgehead atoms. The maximum Gasteiger partial charge on any atom is 0.253 e. The highest BCUT2D eigenvalue weighted by Crippen LogP contribution is 2.24. The molecule has 0 saturated carbocycles. The number of anilines is 2. The molecule has 0 saturated heterocycles. The maximum atomic E-state index is 12.6. The third-order valence-corrected chi connectivity index (χ3v) is 5.07. The van der Waals surface area contributed by atoms with Crippen LogP contribution in [0, 0.1) is 13.8 Å². The van der Waals surface area contributed by atoms with Crippen molar-refractivity contribution >= 4 is 23.1 Å². The minimum Gasteiger partial charge on any atom is -0.355 e. The van der Waals surface area contributed by atoms with Crippen molar-refractivity contribution in [2.45, 2.75) is 52.9 Å². The summed E-state index contributed by atoms with van der Waals surface area (Å²) in [5, 5.41) is 3.45. The molecule has 0 spiro atoms. The van der Waals surface area contributed by atoms with Gasteiger partial charge in [0.15, 0.2) is 0 Å². The molecule has 0 atom stereocenters. The number of Topliss-reactive ketones (excluding diaryl/α,β-unsaturated/α-hetero) is 1. The van der Waals surface area contributed by atoms with E-state index in [9.17, 15) is 9.59 Å². The van der Waals surface area contributed by atoms with E-state index in [1.165, 1.54) is 11.1 Å². The molecule has 0 aliphatic heterocycles. The SMILES string of the molecule is CCC(=O)CCCCCN(C)C(=O)c1ccc(Nc2c(C)cccc2C)cc1. The van der Waals surface area contributed by atoms with Gasteiger partial charge in [-0.3, -0.25) is 9.59 Å². The van der Waals surface area contributed by atoms with Crippen molar-refractivity contribution in [1.82, 2.24) is 4.90 Å². The van der Waals surface area contributed by atoms with Crippen LogP contribution in [0.5, 0.6) is 0 Å². The van der Waals surface area contributed by atoms with Crippen LogP contribution in [-0.2, 0) is 4.79 Å². The summed E-state index contributed by atoms with van der Waals surface area (Å²) in [6, 6.07) is 13.9. The number of ketones is 1. The predicted molar refractivity (Wildman–Crippen MR) is 116 cm³/mol. The van der Waals surface area contributed by atoms with Gasteiger partial charge < -0.3 is 10.2 Å². The van der Waals surface area contributed by atoms with Crippen molar-refractivity contribution in [1.29, 1.82) is 0 Å². The van der Waals surface area contributed by atoms with Gasteiger partial charge in [0.1, 0.15) is 5.78 Å². The van der Waals surface area contributed by atoms with E-state index in [2.05, 4.69) is 37.4 Å². The number of hydrogen-bond donors (Lipinski definition) is 1. The Labute approximate surface area is 169 Å². The van der Waals surface area contributed by atoms with Crippen molar-refractivity contribution in [2.24, 2.45) is 0 Å². The van der Waals surface area contributed by atoms with E-state index in [4.69, 9.17) is 0 Å². The second-order valence-corrected chi connectivity index (χ2v) is 7.40. The number of nitrogens with zero attached hydrogens (tertiary/aromatic N) is 1. The minimum atomic E-state index is 0.0308. The molecule has 2 aromatic rings. The molecule has 0 unspecified atom stereocenters. The van der Waals surface area contributed by atoms with Crippen LogP contribution in [0.4, 0.5) is 11.4 Å². The first-order chi connectivity index (χ1) is 13.4. The Balaban J connectivity index is 1.86. The Kier molecular flexibility index (Phi) is 8.24. The summed E-state index contributed by atoms with van der Waals surface area (Å²) in [7, 11) is 1.84. The molecule has 1 amide bonds. The Morgan fingerprint density at radius 3 is 2.18 bits per heavy atom. The van der Waals surface area contributed by atoms with Crippen LogP contribution in [-0.4, -0.2) is 30.2 Å². The highest BCUT2D eigenvalue weighted by Gasteiger charge is 2.11. The fourth-order valence-electron chi connectivity index (χ4n) is 3.20. The molecule has 0 aliphatic rings. The summed E-state index contributed by atoms with van der Waals surface area (Å²) in [6.45, 7) is 6.78. The molecule has 1 N–H and O–H groups in total. The highest BCUT2D eigenvalue weighted by atomic mass is 16.2. The average molecular weight is 381 g/mol. The van der Waals surface area contributed by atoms with Crippen LogP contribution in [0.3, 0.4) is 0 Å². The summed E-state index contributed by atoms with van der Waals surface area (Å²) < 4.78 is 0. The fourth-order valence-corrected chi connectivity index (χ4v) is 3.20. The monoisotopic (exact) mass is 380 g/mol. The number of hydrogen-bond acceptors (Lipinski definition) is 3. The molecular formula is C24H32N2O2. The second-order valence-electron chi connectivity index (χ2n) is 7.40. The van der Waals surface area contributed by atoms with Crippen LogP contribution in [0.1, 0.15) is 60.5 Å². The zero-order chi connectivity index (χ0) is 20.5. The summed E-state index contributed by atoms with van der Waals surface area (Å²) in [5.74, 6) is 0.349. The maximum absolute atomic E-state index is 12.6. The number of amides is 1. The largest absolute Gasteiger partial charge is 0.355 e. The zero-order valence-electron chi connectivity index (χ0n) is 17.5. The van der Waals surface area contributed by atoms with Crippen molar-refractivity contribution in [3.63, 3.8) is 0 Å². The number of carbonyl (C=O) groups is 2. The Hall–Kier alpha value is -2.62. The van der Waals surface area contributed by atoms with Crippen molar-refractivity contribution in [3.05, 3.63) is 59.2 Å². The van der Waals surface area contributed by atoms with E-state index >= 15 is 0 Å². The number of benzene rings is 2. The van der Waals surface area contributed by atoms with Gasteiger partial charge in [-0.1, -0.05) is 31.5 Å². The zero-order valence-corrected chi connectivity index (χ0v) is 17.5. The standard InChI is InChI=1S/C24H32N2O2/c1-5-22(27)12-7-6-8-17-26(4)24(28)20-13-15-21(16-14-20)25-23-18(2)10-9-11-19(23)3/h9-11,13-16,25H,5-8,12,17H2,1-4H3. The lowest BCUT2D eigenvalue weighted by Crippen LogP contribution is -2.27. The summed E-state index contributed by atoms with van der Waals surface area (Å²) in [5.41, 5.74) is 5.16.